The third kappa shape index (κ3) is 1.67. The van der Waals surface area contributed by atoms with E-state index in [1.807, 2.05) is 24.3 Å². The molecule has 0 atom stereocenters. The second kappa shape index (κ2) is 3.56. The number of nitrogens with zero attached hydrogens (tertiary/aromatic N) is 1. The molecule has 1 aromatic rings. The minimum absolute atomic E-state index is 0.991. The van der Waals surface area contributed by atoms with Gasteiger partial charge in [0.1, 0.15) is 0 Å². The molecule has 11 heavy (non-hydrogen) atoms. The molecule has 0 saturated carbocycles. The summed E-state index contributed by atoms with van der Waals surface area (Å²) in [6.07, 6.45) is 3.38. The highest BCUT2D eigenvalue weighted by Gasteiger charge is 1.91. The molecule has 2 nitrogen and oxygen atoms in total. The van der Waals surface area contributed by atoms with E-state index in [0.29, 0.717) is 0 Å². The van der Waals surface area contributed by atoms with Gasteiger partial charge in [0.25, 0.3) is 0 Å². The molecule has 0 heterocycles. The minimum atomic E-state index is 0.991. The van der Waals surface area contributed by atoms with Crippen LogP contribution in [0.5, 0.6) is 0 Å². The van der Waals surface area contributed by atoms with E-state index in [4.69, 9.17) is 5.84 Å². The molecule has 0 spiro atoms. The summed E-state index contributed by atoms with van der Waals surface area (Å²) in [5, 5.41) is 3.44. The van der Waals surface area contributed by atoms with Crippen molar-refractivity contribution in [3.8, 4) is 0 Å². The van der Waals surface area contributed by atoms with Gasteiger partial charge in [0.2, 0.25) is 0 Å². The first-order chi connectivity index (χ1) is 5.38. The molecule has 0 bridgehead atoms. The van der Waals surface area contributed by atoms with Crippen molar-refractivity contribution in [3.63, 3.8) is 0 Å². The molecule has 1 rings (SSSR count). The number of nitrogens with two attached hydrogens (primary N) is 1. The molecule has 0 aliphatic rings. The number of hydrogen-bond donors (Lipinski definition) is 1. The number of rotatable bonds is 2. The van der Waals surface area contributed by atoms with Gasteiger partial charge in [-0.05, 0) is 5.56 Å². The lowest BCUT2D eigenvalue weighted by atomic mass is 10.1. The summed E-state index contributed by atoms with van der Waals surface area (Å²) in [6.45, 7) is 3.67. The van der Waals surface area contributed by atoms with Crippen LogP contribution in [0.2, 0.25) is 0 Å². The number of benzene rings is 1. The molecule has 0 aliphatic carbocycles. The predicted octanol–water partition coefficient (Wildman–Crippen LogP) is 1.62. The maximum Gasteiger partial charge on any atom is 0.0544 e. The molecule has 0 aromatic heterocycles. The molecule has 0 radical (unpaired) electrons. The molecule has 0 saturated heterocycles. The highest BCUT2D eigenvalue weighted by Crippen LogP contribution is 2.06. The van der Waals surface area contributed by atoms with Crippen LogP contribution in [0, 0.1) is 0 Å². The van der Waals surface area contributed by atoms with Gasteiger partial charge in [-0.3, -0.25) is 0 Å². The van der Waals surface area contributed by atoms with Gasteiger partial charge in [0.15, 0.2) is 0 Å². The summed E-state index contributed by atoms with van der Waals surface area (Å²) in [7, 11) is 0. The molecule has 56 valence electrons. The van der Waals surface area contributed by atoms with E-state index >= 15 is 0 Å². The smallest absolute Gasteiger partial charge is 0.0544 e. The van der Waals surface area contributed by atoms with Crippen molar-refractivity contribution in [1.82, 2.24) is 0 Å². The largest absolute Gasteiger partial charge is 0.323 e. The van der Waals surface area contributed by atoms with E-state index in [-0.39, 0.29) is 0 Å². The molecular weight excluding hydrogens is 136 g/mol. The van der Waals surface area contributed by atoms with Crippen LogP contribution >= 0.6 is 0 Å². The Morgan fingerprint density at radius 1 is 1.27 bits per heavy atom. The van der Waals surface area contributed by atoms with Crippen molar-refractivity contribution in [3.05, 3.63) is 42.0 Å². The molecule has 0 fully saturated rings. The van der Waals surface area contributed by atoms with Crippen molar-refractivity contribution in [2.75, 3.05) is 0 Å². The molecule has 2 heteroatoms. The van der Waals surface area contributed by atoms with Crippen LogP contribution in [-0.2, 0) is 0 Å². The zero-order valence-corrected chi connectivity index (χ0v) is 6.20. The van der Waals surface area contributed by atoms with Crippen LogP contribution in [0.25, 0.3) is 6.08 Å². The van der Waals surface area contributed by atoms with Gasteiger partial charge in [0.05, 0.1) is 6.21 Å². The fourth-order valence-corrected chi connectivity index (χ4v) is 0.895. The Labute approximate surface area is 66.0 Å². The van der Waals surface area contributed by atoms with Crippen LogP contribution < -0.4 is 5.84 Å². The van der Waals surface area contributed by atoms with Crippen molar-refractivity contribution < 1.29 is 0 Å². The first kappa shape index (κ1) is 7.54. The van der Waals surface area contributed by atoms with Crippen LogP contribution in [0.4, 0.5) is 0 Å². The van der Waals surface area contributed by atoms with Gasteiger partial charge in [-0.1, -0.05) is 36.9 Å². The van der Waals surface area contributed by atoms with Crippen LogP contribution in [0.3, 0.4) is 0 Å². The molecule has 0 amide bonds. The average molecular weight is 146 g/mol. The van der Waals surface area contributed by atoms with Crippen molar-refractivity contribution in [1.29, 1.82) is 0 Å². The van der Waals surface area contributed by atoms with Crippen molar-refractivity contribution in [2.45, 2.75) is 0 Å². The summed E-state index contributed by atoms with van der Waals surface area (Å²) in [4.78, 5) is 0. The van der Waals surface area contributed by atoms with Gasteiger partial charge in [-0.2, -0.15) is 5.10 Å². The van der Waals surface area contributed by atoms with Gasteiger partial charge in [-0.15, -0.1) is 0 Å². The van der Waals surface area contributed by atoms with E-state index in [0.717, 1.165) is 11.1 Å². The standard InChI is InChI=1S/C9H10N2/c1-2-8-5-3-4-6-9(8)7-11-10/h2-7H,1,10H2/b11-7-. The SMILES string of the molecule is C=Cc1ccccc1/C=N\N. The Morgan fingerprint density at radius 2 is 1.91 bits per heavy atom. The maximum absolute atomic E-state index is 5.02. The molecule has 2 N–H and O–H groups in total. The maximum atomic E-state index is 5.02. The lowest BCUT2D eigenvalue weighted by Crippen LogP contribution is -1.88. The lowest BCUT2D eigenvalue weighted by molar-refractivity contribution is 1.26. The topological polar surface area (TPSA) is 38.4 Å². The van der Waals surface area contributed by atoms with Crippen molar-refractivity contribution >= 4 is 12.3 Å². The second-order valence-electron chi connectivity index (χ2n) is 2.11. The summed E-state index contributed by atoms with van der Waals surface area (Å²) < 4.78 is 0. The van der Waals surface area contributed by atoms with Gasteiger partial charge in [-0.25, -0.2) is 0 Å². The Bertz CT molecular complexity index is 277. The van der Waals surface area contributed by atoms with Gasteiger partial charge in [0, 0.05) is 5.56 Å². The van der Waals surface area contributed by atoms with Crippen LogP contribution in [0.1, 0.15) is 11.1 Å². The first-order valence-corrected chi connectivity index (χ1v) is 3.33. The monoisotopic (exact) mass is 146 g/mol. The normalized spacial score (nSPS) is 10.2. The third-order valence-corrected chi connectivity index (χ3v) is 1.43. The van der Waals surface area contributed by atoms with Crippen LogP contribution in [0.15, 0.2) is 35.9 Å². The van der Waals surface area contributed by atoms with E-state index in [9.17, 15) is 0 Å². The fourth-order valence-electron chi connectivity index (χ4n) is 0.895. The van der Waals surface area contributed by atoms with Crippen molar-refractivity contribution in [2.24, 2.45) is 10.9 Å². The molecular formula is C9H10N2. The highest BCUT2D eigenvalue weighted by molar-refractivity contribution is 5.84. The molecule has 0 aliphatic heterocycles. The summed E-state index contributed by atoms with van der Waals surface area (Å²) in [6, 6.07) is 7.78. The highest BCUT2D eigenvalue weighted by atomic mass is 15.1. The fraction of sp³-hybridized carbons (Fsp3) is 0. The van der Waals surface area contributed by atoms with Gasteiger partial charge < -0.3 is 5.84 Å². The minimum Gasteiger partial charge on any atom is -0.323 e. The molecule has 1 aromatic carbocycles. The zero-order chi connectivity index (χ0) is 8.10. The predicted molar refractivity (Wildman–Crippen MR) is 48.3 cm³/mol. The second-order valence-corrected chi connectivity index (χ2v) is 2.11. The third-order valence-electron chi connectivity index (χ3n) is 1.43. The Balaban J connectivity index is 3.11. The summed E-state index contributed by atoms with van der Waals surface area (Å²) >= 11 is 0. The quantitative estimate of drug-likeness (QED) is 0.384. The van der Waals surface area contributed by atoms with E-state index in [1.54, 1.807) is 12.3 Å². The Morgan fingerprint density at radius 3 is 2.45 bits per heavy atom. The first-order valence-electron chi connectivity index (χ1n) is 3.33. The Hall–Kier alpha value is -1.57. The number of hydrazone groups is 1. The summed E-state index contributed by atoms with van der Waals surface area (Å²) in [5.41, 5.74) is 2.03. The van der Waals surface area contributed by atoms with Crippen LogP contribution in [-0.4, -0.2) is 6.21 Å². The van der Waals surface area contributed by atoms with E-state index in [2.05, 4.69) is 11.7 Å². The van der Waals surface area contributed by atoms with Gasteiger partial charge >= 0.3 is 0 Å². The van der Waals surface area contributed by atoms with E-state index < -0.39 is 0 Å². The zero-order valence-electron chi connectivity index (χ0n) is 6.20. The van der Waals surface area contributed by atoms with E-state index in [1.165, 1.54) is 0 Å². The average Bonchev–Trinajstić information content (AvgIpc) is 2.06. The summed E-state index contributed by atoms with van der Waals surface area (Å²) in [5.74, 6) is 5.02. The molecule has 0 unspecified atom stereocenters. The Kier molecular flexibility index (Phi) is 2.44. The number of hydrogen-bond acceptors (Lipinski definition) is 2. The lowest BCUT2D eigenvalue weighted by Gasteiger charge is -1.96.